The minimum Gasteiger partial charge on any atom is -0.496 e. The van der Waals surface area contributed by atoms with Crippen molar-refractivity contribution < 1.29 is 4.74 Å². The van der Waals surface area contributed by atoms with Crippen molar-refractivity contribution in [1.82, 2.24) is 4.98 Å². The Morgan fingerprint density at radius 1 is 1.38 bits per heavy atom. The minimum atomic E-state index is -0.213. The summed E-state index contributed by atoms with van der Waals surface area (Å²) in [7, 11) is 1.65. The maximum absolute atomic E-state index is 6.17. The molecule has 4 heteroatoms. The molecule has 1 heterocycles. The Morgan fingerprint density at radius 3 is 2.75 bits per heavy atom. The summed E-state index contributed by atoms with van der Waals surface area (Å²) >= 11 is 1.62. The molecule has 0 saturated heterocycles. The Balaban J connectivity index is 2.36. The monoisotopic (exact) mass is 234 g/mol. The first kappa shape index (κ1) is 11.1. The molecule has 2 aromatic rings. The fourth-order valence-corrected chi connectivity index (χ4v) is 2.37. The molecule has 0 aliphatic heterocycles. The molecule has 1 aromatic carbocycles. The summed E-state index contributed by atoms with van der Waals surface area (Å²) in [6.07, 6.45) is 1.84. The lowest BCUT2D eigenvalue weighted by Gasteiger charge is -2.13. The molecule has 0 amide bonds. The molecule has 0 radical (unpaired) electrons. The van der Waals surface area contributed by atoms with Gasteiger partial charge < -0.3 is 10.5 Å². The summed E-state index contributed by atoms with van der Waals surface area (Å²) in [4.78, 5) is 5.47. The second kappa shape index (κ2) is 4.63. The van der Waals surface area contributed by atoms with Crippen LogP contribution in [0.4, 0.5) is 0 Å². The van der Waals surface area contributed by atoms with Crippen LogP contribution in [-0.2, 0) is 0 Å². The van der Waals surface area contributed by atoms with Gasteiger partial charge in [-0.1, -0.05) is 18.2 Å². The van der Waals surface area contributed by atoms with E-state index in [4.69, 9.17) is 10.5 Å². The van der Waals surface area contributed by atoms with Crippen molar-refractivity contribution in [3.8, 4) is 5.75 Å². The van der Waals surface area contributed by atoms with Crippen LogP contribution in [0.5, 0.6) is 5.75 Å². The first-order valence-electron chi connectivity index (χ1n) is 5.03. The highest BCUT2D eigenvalue weighted by Crippen LogP contribution is 2.29. The van der Waals surface area contributed by atoms with Crippen LogP contribution in [0.15, 0.2) is 30.5 Å². The number of thiazole rings is 1. The van der Waals surface area contributed by atoms with E-state index in [0.29, 0.717) is 0 Å². The fourth-order valence-electron chi connectivity index (χ4n) is 1.57. The number of nitrogens with two attached hydrogens (primary N) is 1. The van der Waals surface area contributed by atoms with E-state index in [9.17, 15) is 0 Å². The van der Waals surface area contributed by atoms with Crippen molar-refractivity contribution in [3.05, 3.63) is 45.9 Å². The number of para-hydroxylation sites is 1. The summed E-state index contributed by atoms with van der Waals surface area (Å²) in [5, 5.41) is 0.919. The summed E-state index contributed by atoms with van der Waals surface area (Å²) in [6, 6.07) is 7.56. The predicted molar refractivity (Wildman–Crippen MR) is 65.9 cm³/mol. The van der Waals surface area contributed by atoms with Crippen molar-refractivity contribution in [1.29, 1.82) is 0 Å². The largest absolute Gasteiger partial charge is 0.496 e. The average Bonchev–Trinajstić information content (AvgIpc) is 2.75. The lowest BCUT2D eigenvalue weighted by Crippen LogP contribution is -2.12. The second-order valence-corrected chi connectivity index (χ2v) is 4.80. The second-order valence-electron chi connectivity index (χ2n) is 3.53. The van der Waals surface area contributed by atoms with E-state index in [1.54, 1.807) is 18.4 Å². The molecule has 2 N–H and O–H groups in total. The highest BCUT2D eigenvalue weighted by Gasteiger charge is 2.16. The number of aryl methyl sites for hydroxylation is 1. The zero-order valence-corrected chi connectivity index (χ0v) is 10.1. The minimum absolute atomic E-state index is 0.213. The fraction of sp³-hybridized carbons (Fsp3) is 0.250. The first-order chi connectivity index (χ1) is 7.72. The quantitative estimate of drug-likeness (QED) is 0.887. The van der Waals surface area contributed by atoms with Crippen LogP contribution in [0.2, 0.25) is 0 Å². The summed E-state index contributed by atoms with van der Waals surface area (Å²) in [5.74, 6) is 0.808. The van der Waals surface area contributed by atoms with Gasteiger partial charge in [0.1, 0.15) is 10.8 Å². The van der Waals surface area contributed by atoms with Gasteiger partial charge in [-0.05, 0) is 13.0 Å². The molecular formula is C12H14N2OS. The van der Waals surface area contributed by atoms with E-state index in [1.165, 1.54) is 4.88 Å². The van der Waals surface area contributed by atoms with E-state index in [1.807, 2.05) is 37.4 Å². The van der Waals surface area contributed by atoms with Crippen LogP contribution in [0.3, 0.4) is 0 Å². The zero-order valence-electron chi connectivity index (χ0n) is 9.31. The van der Waals surface area contributed by atoms with E-state index in [0.717, 1.165) is 16.3 Å². The van der Waals surface area contributed by atoms with Crippen molar-refractivity contribution >= 4 is 11.3 Å². The normalized spacial score (nSPS) is 12.4. The molecule has 0 aliphatic carbocycles. The first-order valence-corrected chi connectivity index (χ1v) is 5.85. The summed E-state index contributed by atoms with van der Waals surface area (Å²) in [5.41, 5.74) is 7.15. The van der Waals surface area contributed by atoms with Crippen molar-refractivity contribution in [3.63, 3.8) is 0 Å². The van der Waals surface area contributed by atoms with E-state index in [-0.39, 0.29) is 6.04 Å². The molecule has 0 fully saturated rings. The van der Waals surface area contributed by atoms with Gasteiger partial charge in [-0.3, -0.25) is 0 Å². The molecule has 3 nitrogen and oxygen atoms in total. The molecule has 0 aliphatic rings. The van der Waals surface area contributed by atoms with Crippen LogP contribution in [0.25, 0.3) is 0 Å². The number of hydrogen-bond donors (Lipinski definition) is 1. The molecule has 84 valence electrons. The molecule has 2 rings (SSSR count). The number of methoxy groups -OCH3 is 1. The van der Waals surface area contributed by atoms with Crippen LogP contribution >= 0.6 is 11.3 Å². The van der Waals surface area contributed by atoms with Gasteiger partial charge in [-0.2, -0.15) is 0 Å². The lowest BCUT2D eigenvalue weighted by molar-refractivity contribution is 0.408. The highest BCUT2D eigenvalue weighted by molar-refractivity contribution is 7.11. The van der Waals surface area contributed by atoms with Crippen molar-refractivity contribution in [2.24, 2.45) is 5.73 Å². The Labute approximate surface area is 98.9 Å². The summed E-state index contributed by atoms with van der Waals surface area (Å²) < 4.78 is 5.29. The number of aromatic nitrogens is 1. The molecule has 1 atom stereocenters. The van der Waals surface area contributed by atoms with E-state index >= 15 is 0 Å². The van der Waals surface area contributed by atoms with E-state index < -0.39 is 0 Å². The maximum Gasteiger partial charge on any atom is 0.124 e. The molecule has 16 heavy (non-hydrogen) atoms. The predicted octanol–water partition coefficient (Wildman–Crippen LogP) is 2.51. The molecular weight excluding hydrogens is 220 g/mol. The lowest BCUT2D eigenvalue weighted by atomic mass is 10.1. The van der Waals surface area contributed by atoms with Gasteiger partial charge in [0.2, 0.25) is 0 Å². The highest BCUT2D eigenvalue weighted by atomic mass is 32.1. The number of nitrogens with zero attached hydrogens (tertiary/aromatic N) is 1. The standard InChI is InChI=1S/C12H14N2OS/c1-8-7-14-12(16-8)11(13)9-5-3-4-6-10(9)15-2/h3-7,11H,13H2,1-2H3. The van der Waals surface area contributed by atoms with Gasteiger partial charge in [-0.15, -0.1) is 11.3 Å². The third kappa shape index (κ3) is 2.08. The Hall–Kier alpha value is -1.39. The SMILES string of the molecule is COc1ccccc1C(N)c1ncc(C)s1. The third-order valence-electron chi connectivity index (χ3n) is 2.38. The number of rotatable bonds is 3. The average molecular weight is 234 g/mol. The number of hydrogen-bond acceptors (Lipinski definition) is 4. The smallest absolute Gasteiger partial charge is 0.124 e. The van der Waals surface area contributed by atoms with Gasteiger partial charge in [0, 0.05) is 16.6 Å². The van der Waals surface area contributed by atoms with Crippen LogP contribution in [0.1, 0.15) is 21.5 Å². The number of benzene rings is 1. The molecule has 0 bridgehead atoms. The van der Waals surface area contributed by atoms with Crippen molar-refractivity contribution in [2.75, 3.05) is 7.11 Å². The van der Waals surface area contributed by atoms with Crippen molar-refractivity contribution in [2.45, 2.75) is 13.0 Å². The Kier molecular flexibility index (Phi) is 3.22. The summed E-state index contributed by atoms with van der Waals surface area (Å²) in [6.45, 7) is 2.02. The van der Waals surface area contributed by atoms with Gasteiger partial charge in [0.05, 0.1) is 13.2 Å². The van der Waals surface area contributed by atoms with Gasteiger partial charge in [0.15, 0.2) is 0 Å². The number of ether oxygens (including phenoxy) is 1. The van der Waals surface area contributed by atoms with Gasteiger partial charge in [-0.25, -0.2) is 4.98 Å². The van der Waals surface area contributed by atoms with E-state index in [2.05, 4.69) is 4.98 Å². The third-order valence-corrected chi connectivity index (χ3v) is 3.38. The molecule has 1 unspecified atom stereocenters. The van der Waals surface area contributed by atoms with Crippen LogP contribution < -0.4 is 10.5 Å². The topological polar surface area (TPSA) is 48.1 Å². The zero-order chi connectivity index (χ0) is 11.5. The van der Waals surface area contributed by atoms with Gasteiger partial charge >= 0.3 is 0 Å². The van der Waals surface area contributed by atoms with Crippen LogP contribution in [0, 0.1) is 6.92 Å². The van der Waals surface area contributed by atoms with Crippen LogP contribution in [-0.4, -0.2) is 12.1 Å². The maximum atomic E-state index is 6.17. The molecule has 0 spiro atoms. The Morgan fingerprint density at radius 2 is 2.12 bits per heavy atom. The van der Waals surface area contributed by atoms with Gasteiger partial charge in [0.25, 0.3) is 0 Å². The molecule has 1 aromatic heterocycles. The molecule has 0 saturated carbocycles. The Bertz CT molecular complexity index is 481.